The molecule has 31 heavy (non-hydrogen) atoms. The molecule has 2 aromatic carbocycles. The average molecular weight is 434 g/mol. The number of carbonyl (C=O) groups excluding carboxylic acids is 1. The standard InChI is InChI=1S/C24H23N3O3S/c1-15(21-26-27-22(30-21)16-9-3-2-4-10-16)29-24(28)18-12-6-5-11-17(18)23-25-19-13-7-8-14-20(19)31-23/h2-4,7-10,13-15,17-18H,5-6,11-12H2,1H3. The molecule has 3 unspecified atom stereocenters. The van der Waals surface area contributed by atoms with E-state index in [1.165, 1.54) is 0 Å². The third kappa shape index (κ3) is 4.10. The topological polar surface area (TPSA) is 78.1 Å². The maximum Gasteiger partial charge on any atom is 0.310 e. The van der Waals surface area contributed by atoms with Crippen LogP contribution >= 0.6 is 11.3 Å². The molecule has 0 radical (unpaired) electrons. The minimum Gasteiger partial charge on any atom is -0.452 e. The SMILES string of the molecule is CC(OC(=O)C1CCCCC1c1nc2ccccc2s1)c1nnc(-c2ccccc2)o1. The number of esters is 1. The molecule has 0 bridgehead atoms. The monoisotopic (exact) mass is 433 g/mol. The van der Waals surface area contributed by atoms with Gasteiger partial charge in [0, 0.05) is 11.5 Å². The van der Waals surface area contributed by atoms with Crippen molar-refractivity contribution >= 4 is 27.5 Å². The largest absolute Gasteiger partial charge is 0.452 e. The van der Waals surface area contributed by atoms with Gasteiger partial charge < -0.3 is 9.15 Å². The van der Waals surface area contributed by atoms with E-state index in [4.69, 9.17) is 14.1 Å². The van der Waals surface area contributed by atoms with Crippen LogP contribution in [-0.2, 0) is 9.53 Å². The van der Waals surface area contributed by atoms with Crippen molar-refractivity contribution < 1.29 is 13.9 Å². The van der Waals surface area contributed by atoms with Gasteiger partial charge in [0.05, 0.1) is 21.1 Å². The summed E-state index contributed by atoms with van der Waals surface area (Å²) in [4.78, 5) is 17.9. The van der Waals surface area contributed by atoms with Gasteiger partial charge in [-0.15, -0.1) is 21.5 Å². The molecule has 0 aliphatic heterocycles. The molecule has 0 amide bonds. The summed E-state index contributed by atoms with van der Waals surface area (Å²) in [5.41, 5.74) is 1.83. The van der Waals surface area contributed by atoms with Gasteiger partial charge in [-0.05, 0) is 44.0 Å². The number of nitrogens with zero attached hydrogens (tertiary/aromatic N) is 3. The number of benzene rings is 2. The quantitative estimate of drug-likeness (QED) is 0.363. The van der Waals surface area contributed by atoms with E-state index in [-0.39, 0.29) is 17.8 Å². The summed E-state index contributed by atoms with van der Waals surface area (Å²) in [6, 6.07) is 17.7. The van der Waals surface area contributed by atoms with Crippen molar-refractivity contribution in [2.75, 3.05) is 0 Å². The van der Waals surface area contributed by atoms with E-state index in [1.54, 1.807) is 18.3 Å². The van der Waals surface area contributed by atoms with Gasteiger partial charge in [0.1, 0.15) is 0 Å². The van der Waals surface area contributed by atoms with Gasteiger partial charge in [-0.25, -0.2) is 4.98 Å². The zero-order chi connectivity index (χ0) is 21.2. The van der Waals surface area contributed by atoms with E-state index in [2.05, 4.69) is 16.3 Å². The summed E-state index contributed by atoms with van der Waals surface area (Å²) in [5, 5.41) is 9.22. The van der Waals surface area contributed by atoms with Crippen LogP contribution in [0.4, 0.5) is 0 Å². The van der Waals surface area contributed by atoms with Crippen molar-refractivity contribution in [1.29, 1.82) is 0 Å². The van der Waals surface area contributed by atoms with Gasteiger partial charge in [0.15, 0.2) is 6.10 Å². The summed E-state index contributed by atoms with van der Waals surface area (Å²) >= 11 is 1.68. The Morgan fingerprint density at radius 1 is 1.06 bits per heavy atom. The number of thiazole rings is 1. The van der Waals surface area contributed by atoms with Crippen LogP contribution < -0.4 is 0 Å². The zero-order valence-electron chi connectivity index (χ0n) is 17.2. The normalized spacial score (nSPS) is 19.9. The van der Waals surface area contributed by atoms with Gasteiger partial charge in [-0.1, -0.05) is 43.2 Å². The molecule has 0 N–H and O–H groups in total. The predicted molar refractivity (Wildman–Crippen MR) is 119 cm³/mol. The van der Waals surface area contributed by atoms with Crippen molar-refractivity contribution in [3.8, 4) is 11.5 Å². The van der Waals surface area contributed by atoms with E-state index < -0.39 is 6.10 Å². The van der Waals surface area contributed by atoms with E-state index >= 15 is 0 Å². The molecule has 1 aliphatic carbocycles. The molecule has 0 saturated heterocycles. The highest BCUT2D eigenvalue weighted by Crippen LogP contribution is 2.42. The lowest BCUT2D eigenvalue weighted by atomic mass is 9.79. The Labute approximate surface area is 184 Å². The molecule has 5 rings (SSSR count). The first-order valence-electron chi connectivity index (χ1n) is 10.6. The second-order valence-electron chi connectivity index (χ2n) is 7.91. The molecule has 2 heterocycles. The Morgan fingerprint density at radius 3 is 2.68 bits per heavy atom. The number of fused-ring (bicyclic) bond motifs is 1. The number of carbonyl (C=O) groups is 1. The fourth-order valence-corrected chi connectivity index (χ4v) is 5.33. The molecule has 3 atom stereocenters. The number of aromatic nitrogens is 3. The van der Waals surface area contributed by atoms with Gasteiger partial charge in [0.2, 0.25) is 5.89 Å². The Balaban J connectivity index is 1.32. The van der Waals surface area contributed by atoms with Crippen LogP contribution in [0, 0.1) is 5.92 Å². The summed E-state index contributed by atoms with van der Waals surface area (Å²) in [7, 11) is 0. The van der Waals surface area contributed by atoms with Crippen molar-refractivity contribution in [2.24, 2.45) is 5.92 Å². The number of rotatable bonds is 5. The third-order valence-electron chi connectivity index (χ3n) is 5.80. The highest BCUT2D eigenvalue weighted by atomic mass is 32.1. The smallest absolute Gasteiger partial charge is 0.310 e. The van der Waals surface area contributed by atoms with E-state index in [1.807, 2.05) is 48.5 Å². The highest BCUT2D eigenvalue weighted by molar-refractivity contribution is 7.18. The van der Waals surface area contributed by atoms with Gasteiger partial charge in [0.25, 0.3) is 5.89 Å². The van der Waals surface area contributed by atoms with E-state index in [0.717, 1.165) is 46.5 Å². The van der Waals surface area contributed by atoms with Crippen molar-refractivity contribution in [1.82, 2.24) is 15.2 Å². The molecule has 1 saturated carbocycles. The van der Waals surface area contributed by atoms with Crippen LogP contribution in [0.3, 0.4) is 0 Å². The first-order chi connectivity index (χ1) is 15.2. The molecule has 7 heteroatoms. The lowest BCUT2D eigenvalue weighted by molar-refractivity contribution is -0.156. The first-order valence-corrected chi connectivity index (χ1v) is 11.5. The number of ether oxygens (including phenoxy) is 1. The molecule has 1 fully saturated rings. The molecule has 1 aliphatic rings. The van der Waals surface area contributed by atoms with Gasteiger partial charge in [-0.3, -0.25) is 4.79 Å². The predicted octanol–water partition coefficient (Wildman–Crippen LogP) is 5.92. The van der Waals surface area contributed by atoms with Crippen molar-refractivity contribution in [3.05, 3.63) is 65.5 Å². The lowest BCUT2D eigenvalue weighted by Gasteiger charge is -2.29. The van der Waals surface area contributed by atoms with Gasteiger partial charge in [-0.2, -0.15) is 0 Å². The maximum absolute atomic E-state index is 13.1. The molecule has 158 valence electrons. The van der Waals surface area contributed by atoms with Crippen LogP contribution in [-0.4, -0.2) is 21.2 Å². The third-order valence-corrected chi connectivity index (χ3v) is 6.97. The second-order valence-corrected chi connectivity index (χ2v) is 8.97. The van der Waals surface area contributed by atoms with Crippen LogP contribution in [0.5, 0.6) is 0 Å². The minimum atomic E-state index is -0.601. The lowest BCUT2D eigenvalue weighted by Crippen LogP contribution is -2.28. The van der Waals surface area contributed by atoms with Crippen LogP contribution in [0.15, 0.2) is 59.0 Å². The van der Waals surface area contributed by atoms with E-state index in [0.29, 0.717) is 11.8 Å². The zero-order valence-corrected chi connectivity index (χ0v) is 18.0. The number of hydrogen-bond donors (Lipinski definition) is 0. The second kappa shape index (κ2) is 8.59. The first kappa shape index (κ1) is 19.9. The number of para-hydroxylation sites is 1. The fraction of sp³-hybridized carbons (Fsp3) is 0.333. The van der Waals surface area contributed by atoms with Crippen LogP contribution in [0.25, 0.3) is 21.7 Å². The van der Waals surface area contributed by atoms with Gasteiger partial charge >= 0.3 is 5.97 Å². The molecule has 4 aromatic rings. The fourth-order valence-electron chi connectivity index (χ4n) is 4.17. The Bertz CT molecular complexity index is 1150. The molecule has 0 spiro atoms. The Morgan fingerprint density at radius 2 is 1.84 bits per heavy atom. The minimum absolute atomic E-state index is 0.0911. The Hall–Kier alpha value is -3.06. The molecule has 6 nitrogen and oxygen atoms in total. The van der Waals surface area contributed by atoms with Crippen LogP contribution in [0.2, 0.25) is 0 Å². The summed E-state index contributed by atoms with van der Waals surface area (Å²) in [5.74, 6) is 0.403. The molecule has 2 aromatic heterocycles. The average Bonchev–Trinajstić information content (AvgIpc) is 3.47. The number of hydrogen-bond acceptors (Lipinski definition) is 7. The molecular formula is C24H23N3O3S. The van der Waals surface area contributed by atoms with E-state index in [9.17, 15) is 4.79 Å². The maximum atomic E-state index is 13.1. The van der Waals surface area contributed by atoms with Crippen molar-refractivity contribution in [2.45, 2.75) is 44.6 Å². The summed E-state index contributed by atoms with van der Waals surface area (Å²) in [6.07, 6.45) is 3.28. The Kier molecular flexibility index (Phi) is 5.51. The summed E-state index contributed by atoms with van der Waals surface area (Å²) < 4.78 is 12.7. The van der Waals surface area contributed by atoms with Crippen molar-refractivity contribution in [3.63, 3.8) is 0 Å². The summed E-state index contributed by atoms with van der Waals surface area (Å²) in [6.45, 7) is 1.77. The molecular weight excluding hydrogens is 410 g/mol. The van der Waals surface area contributed by atoms with Crippen LogP contribution in [0.1, 0.15) is 55.5 Å². The highest BCUT2D eigenvalue weighted by Gasteiger charge is 2.36.